The fourth-order valence-electron chi connectivity index (χ4n) is 1.05. The molecule has 2 aromatic heterocycles. The molecule has 62 valence electrons. The van der Waals surface area contributed by atoms with E-state index in [1.54, 1.807) is 34.3 Å². The van der Waals surface area contributed by atoms with Crippen molar-refractivity contribution in [3.8, 4) is 0 Å². The fourth-order valence-corrected chi connectivity index (χ4v) is 1.32. The summed E-state index contributed by atoms with van der Waals surface area (Å²) in [5, 5.41) is 0.436. The lowest BCUT2D eigenvalue weighted by Gasteiger charge is -2.05. The summed E-state index contributed by atoms with van der Waals surface area (Å²) in [7, 11) is 0. The summed E-state index contributed by atoms with van der Waals surface area (Å²) in [5.74, 6) is 0. The Kier molecular flexibility index (Phi) is 1.62. The number of rotatable bonds is 1. The van der Waals surface area contributed by atoms with Gasteiger partial charge in [-0.15, -0.1) is 0 Å². The van der Waals surface area contributed by atoms with Crippen LogP contribution >= 0.6 is 11.6 Å². The Morgan fingerprint density at radius 1 is 1.50 bits per heavy atom. The molecule has 2 rings (SSSR count). The Bertz CT molecular complexity index is 357. The van der Waals surface area contributed by atoms with Crippen molar-refractivity contribution in [2.75, 3.05) is 0 Å². The minimum Gasteiger partial charge on any atom is -0.243 e. The Hall–Kier alpha value is -1.29. The molecule has 5 heteroatoms. The summed E-state index contributed by atoms with van der Waals surface area (Å²) < 4.78 is 3.53. The van der Waals surface area contributed by atoms with Gasteiger partial charge in [-0.2, -0.15) is 0 Å². The second kappa shape index (κ2) is 2.64. The van der Waals surface area contributed by atoms with Gasteiger partial charge in [0.05, 0.1) is 11.9 Å². The molecule has 0 unspecified atom stereocenters. The first kappa shape index (κ1) is 7.36. The molecule has 0 aliphatic carbocycles. The van der Waals surface area contributed by atoms with Crippen LogP contribution in [-0.4, -0.2) is 19.3 Å². The largest absolute Gasteiger partial charge is 0.243 e. The van der Waals surface area contributed by atoms with E-state index < -0.39 is 0 Å². The molecule has 2 heterocycles. The van der Waals surface area contributed by atoms with Gasteiger partial charge in [0, 0.05) is 12.4 Å². The molecule has 12 heavy (non-hydrogen) atoms. The van der Waals surface area contributed by atoms with E-state index in [0.717, 1.165) is 5.69 Å². The van der Waals surface area contributed by atoms with E-state index in [2.05, 4.69) is 9.97 Å². The zero-order valence-corrected chi connectivity index (χ0v) is 7.23. The molecule has 0 aliphatic heterocycles. The highest BCUT2D eigenvalue weighted by molar-refractivity contribution is 6.28. The smallest absolute Gasteiger partial charge is 0.222 e. The van der Waals surface area contributed by atoms with Gasteiger partial charge in [-0.1, -0.05) is 0 Å². The van der Waals surface area contributed by atoms with Crippen molar-refractivity contribution in [3.63, 3.8) is 0 Å². The first-order chi connectivity index (χ1) is 5.79. The zero-order chi connectivity index (χ0) is 8.55. The van der Waals surface area contributed by atoms with E-state index in [1.807, 2.05) is 6.92 Å². The zero-order valence-electron chi connectivity index (χ0n) is 6.48. The average molecular weight is 183 g/mol. The molecule has 0 aliphatic rings. The van der Waals surface area contributed by atoms with E-state index in [4.69, 9.17) is 11.6 Å². The van der Waals surface area contributed by atoms with Crippen LogP contribution in [0, 0.1) is 6.92 Å². The van der Waals surface area contributed by atoms with Crippen LogP contribution in [0.2, 0.25) is 5.28 Å². The molecule has 0 spiro atoms. The maximum Gasteiger partial charge on any atom is 0.222 e. The molecule has 0 radical (unpaired) electrons. The van der Waals surface area contributed by atoms with Crippen LogP contribution in [0.5, 0.6) is 0 Å². The molecule has 0 aromatic carbocycles. The molecular weight excluding hydrogens is 176 g/mol. The maximum atomic E-state index is 5.84. The molecule has 0 atom stereocenters. The van der Waals surface area contributed by atoms with Gasteiger partial charge < -0.3 is 0 Å². The Morgan fingerprint density at radius 2 is 2.33 bits per heavy atom. The van der Waals surface area contributed by atoms with E-state index >= 15 is 0 Å². The van der Waals surface area contributed by atoms with Crippen molar-refractivity contribution in [1.29, 1.82) is 0 Å². The van der Waals surface area contributed by atoms with Crippen molar-refractivity contribution in [1.82, 2.24) is 19.3 Å². The summed E-state index contributed by atoms with van der Waals surface area (Å²) in [6, 6.07) is 0. The third kappa shape index (κ3) is 1.00. The lowest BCUT2D eigenvalue weighted by atomic mass is 10.6. The monoisotopic (exact) mass is 182 g/mol. The SMILES string of the molecule is Cc1cnc(Cl)n1-n1ccnc1. The first-order valence-corrected chi connectivity index (χ1v) is 3.85. The Morgan fingerprint density at radius 3 is 2.83 bits per heavy atom. The van der Waals surface area contributed by atoms with E-state index in [9.17, 15) is 0 Å². The lowest BCUT2D eigenvalue weighted by Crippen LogP contribution is -2.07. The normalized spacial score (nSPS) is 10.5. The first-order valence-electron chi connectivity index (χ1n) is 3.47. The fraction of sp³-hybridized carbons (Fsp3) is 0.143. The summed E-state index contributed by atoms with van der Waals surface area (Å²) >= 11 is 5.84. The summed E-state index contributed by atoms with van der Waals surface area (Å²) in [4.78, 5) is 7.87. The predicted octanol–water partition coefficient (Wildman–Crippen LogP) is 1.35. The highest BCUT2D eigenvalue weighted by atomic mass is 35.5. The third-order valence-electron chi connectivity index (χ3n) is 1.59. The van der Waals surface area contributed by atoms with Crippen LogP contribution in [0.25, 0.3) is 0 Å². The number of aromatic nitrogens is 4. The van der Waals surface area contributed by atoms with Crippen LogP contribution in [0.4, 0.5) is 0 Å². The lowest BCUT2D eigenvalue weighted by molar-refractivity contribution is 0.639. The van der Waals surface area contributed by atoms with Crippen molar-refractivity contribution in [2.24, 2.45) is 0 Å². The molecule has 0 fully saturated rings. The van der Waals surface area contributed by atoms with E-state index in [-0.39, 0.29) is 0 Å². The Labute approximate surface area is 74.4 Å². The minimum atomic E-state index is 0.436. The summed E-state index contributed by atoms with van der Waals surface area (Å²) in [6.45, 7) is 1.93. The molecule has 2 aromatic rings. The number of nitrogens with zero attached hydrogens (tertiary/aromatic N) is 4. The number of imidazole rings is 2. The van der Waals surface area contributed by atoms with Gasteiger partial charge in [0.15, 0.2) is 0 Å². The van der Waals surface area contributed by atoms with E-state index in [1.165, 1.54) is 0 Å². The van der Waals surface area contributed by atoms with Crippen molar-refractivity contribution in [3.05, 3.63) is 35.9 Å². The van der Waals surface area contributed by atoms with Crippen molar-refractivity contribution < 1.29 is 0 Å². The molecule has 4 nitrogen and oxygen atoms in total. The standard InChI is InChI=1S/C7H7ClN4/c1-6-4-10-7(8)12(6)11-3-2-9-5-11/h2-5H,1H3. The van der Waals surface area contributed by atoms with Gasteiger partial charge >= 0.3 is 0 Å². The van der Waals surface area contributed by atoms with Crippen LogP contribution in [0.3, 0.4) is 0 Å². The van der Waals surface area contributed by atoms with E-state index in [0.29, 0.717) is 5.28 Å². The number of hydrogen-bond acceptors (Lipinski definition) is 2. The van der Waals surface area contributed by atoms with Crippen LogP contribution in [-0.2, 0) is 0 Å². The topological polar surface area (TPSA) is 35.6 Å². The number of aryl methyl sites for hydroxylation is 1. The molecule has 0 saturated heterocycles. The molecular formula is C7H7ClN4. The van der Waals surface area contributed by atoms with Gasteiger partial charge in [0.2, 0.25) is 5.28 Å². The molecule has 0 amide bonds. The highest BCUT2D eigenvalue weighted by Gasteiger charge is 2.04. The van der Waals surface area contributed by atoms with Crippen LogP contribution < -0.4 is 0 Å². The number of hydrogen-bond donors (Lipinski definition) is 0. The minimum absolute atomic E-state index is 0.436. The quantitative estimate of drug-likeness (QED) is 0.668. The average Bonchev–Trinajstić information content (AvgIpc) is 2.61. The van der Waals surface area contributed by atoms with Gasteiger partial charge in [0.25, 0.3) is 0 Å². The van der Waals surface area contributed by atoms with Gasteiger partial charge in [-0.3, -0.25) is 0 Å². The summed E-state index contributed by atoms with van der Waals surface area (Å²) in [5.41, 5.74) is 0.970. The summed E-state index contributed by atoms with van der Waals surface area (Å²) in [6.07, 6.45) is 6.87. The molecule has 0 saturated carbocycles. The van der Waals surface area contributed by atoms with Crippen molar-refractivity contribution in [2.45, 2.75) is 6.92 Å². The molecule has 0 N–H and O–H groups in total. The van der Waals surface area contributed by atoms with Gasteiger partial charge in [0.1, 0.15) is 6.33 Å². The maximum absolute atomic E-state index is 5.84. The second-order valence-electron chi connectivity index (χ2n) is 2.42. The third-order valence-corrected chi connectivity index (χ3v) is 1.85. The molecule has 0 bridgehead atoms. The van der Waals surface area contributed by atoms with Gasteiger partial charge in [-0.25, -0.2) is 19.3 Å². The predicted molar refractivity (Wildman–Crippen MR) is 45.0 cm³/mol. The van der Waals surface area contributed by atoms with Crippen LogP contribution in [0.15, 0.2) is 24.9 Å². The second-order valence-corrected chi connectivity index (χ2v) is 2.76. The van der Waals surface area contributed by atoms with Crippen molar-refractivity contribution >= 4 is 11.6 Å². The van der Waals surface area contributed by atoms with Gasteiger partial charge in [-0.05, 0) is 18.5 Å². The highest BCUT2D eigenvalue weighted by Crippen LogP contribution is 2.09. The number of halogens is 1. The Balaban J connectivity index is 2.60. The van der Waals surface area contributed by atoms with Crippen LogP contribution in [0.1, 0.15) is 5.69 Å².